The minimum atomic E-state index is -0.0456. The van der Waals surface area contributed by atoms with Crippen molar-refractivity contribution in [2.45, 2.75) is 64.5 Å². The third-order valence-corrected chi connectivity index (χ3v) is 5.72. The number of rotatable bonds is 4. The summed E-state index contributed by atoms with van der Waals surface area (Å²) in [6, 6.07) is 10.9. The Morgan fingerprint density at radius 3 is 2.32 bits per heavy atom. The van der Waals surface area contributed by atoms with Gasteiger partial charge in [-0.15, -0.1) is 0 Å². The first-order valence-corrected chi connectivity index (χ1v) is 9.65. The van der Waals surface area contributed by atoms with Crippen LogP contribution in [0.15, 0.2) is 30.3 Å². The first-order chi connectivity index (χ1) is 11.8. The molecule has 2 amide bonds. The van der Waals surface area contributed by atoms with Crippen LogP contribution < -0.4 is 10.6 Å². The van der Waals surface area contributed by atoms with E-state index in [9.17, 15) is 4.79 Å². The summed E-state index contributed by atoms with van der Waals surface area (Å²) >= 11 is 0. The molecule has 0 radical (unpaired) electrons. The highest BCUT2D eigenvalue weighted by atomic mass is 16.2. The Balaban J connectivity index is 1.73. The Hall–Kier alpha value is -1.55. The second-order valence-corrected chi connectivity index (χ2v) is 9.11. The summed E-state index contributed by atoms with van der Waals surface area (Å²) < 4.78 is 0. The molecule has 1 saturated heterocycles. The molecule has 1 aliphatic carbocycles. The Morgan fingerprint density at radius 1 is 1.12 bits per heavy atom. The highest BCUT2D eigenvalue weighted by Crippen LogP contribution is 2.43. The lowest BCUT2D eigenvalue weighted by molar-refractivity contribution is 0.146. The van der Waals surface area contributed by atoms with Gasteiger partial charge in [-0.1, -0.05) is 58.0 Å². The maximum atomic E-state index is 12.5. The third kappa shape index (κ3) is 3.84. The highest BCUT2D eigenvalue weighted by Gasteiger charge is 2.49. The molecule has 0 atom stereocenters. The second kappa shape index (κ2) is 6.64. The lowest BCUT2D eigenvalue weighted by Gasteiger charge is -2.45. The fourth-order valence-corrected chi connectivity index (χ4v) is 4.58. The monoisotopic (exact) mass is 343 g/mol. The van der Waals surface area contributed by atoms with Crippen molar-refractivity contribution in [1.29, 1.82) is 0 Å². The van der Waals surface area contributed by atoms with Crippen molar-refractivity contribution in [2.75, 3.05) is 19.6 Å². The van der Waals surface area contributed by atoms with E-state index in [1.54, 1.807) is 0 Å². The van der Waals surface area contributed by atoms with Crippen LogP contribution in [0.2, 0.25) is 0 Å². The van der Waals surface area contributed by atoms with E-state index in [1.165, 1.54) is 5.56 Å². The molecule has 25 heavy (non-hydrogen) atoms. The molecule has 2 aliphatic rings. The molecule has 138 valence electrons. The smallest absolute Gasteiger partial charge is 0.317 e. The van der Waals surface area contributed by atoms with Crippen LogP contribution in [0.4, 0.5) is 4.79 Å². The van der Waals surface area contributed by atoms with Crippen LogP contribution in [0, 0.1) is 5.41 Å². The van der Waals surface area contributed by atoms with Crippen molar-refractivity contribution in [2.24, 2.45) is 5.41 Å². The van der Waals surface area contributed by atoms with Gasteiger partial charge in [-0.25, -0.2) is 4.79 Å². The number of nitrogens with zero attached hydrogens (tertiary/aromatic N) is 1. The van der Waals surface area contributed by atoms with Gasteiger partial charge in [0, 0.05) is 18.6 Å². The van der Waals surface area contributed by atoms with Gasteiger partial charge >= 0.3 is 6.03 Å². The van der Waals surface area contributed by atoms with Gasteiger partial charge < -0.3 is 15.5 Å². The highest BCUT2D eigenvalue weighted by molar-refractivity contribution is 5.78. The van der Waals surface area contributed by atoms with Gasteiger partial charge in [0.2, 0.25) is 0 Å². The number of amides is 2. The fraction of sp³-hybridized carbons (Fsp3) is 0.667. The van der Waals surface area contributed by atoms with E-state index >= 15 is 0 Å². The summed E-state index contributed by atoms with van der Waals surface area (Å²) in [4.78, 5) is 14.5. The van der Waals surface area contributed by atoms with E-state index < -0.39 is 0 Å². The normalized spacial score (nSPS) is 29.9. The zero-order valence-corrected chi connectivity index (χ0v) is 16.2. The van der Waals surface area contributed by atoms with Crippen LogP contribution in [0.1, 0.15) is 58.9 Å². The Morgan fingerprint density at radius 2 is 1.76 bits per heavy atom. The zero-order valence-electron chi connectivity index (χ0n) is 16.2. The van der Waals surface area contributed by atoms with Crippen molar-refractivity contribution < 1.29 is 4.79 Å². The summed E-state index contributed by atoms with van der Waals surface area (Å²) in [6.07, 6.45) is 4.19. The molecule has 2 fully saturated rings. The summed E-state index contributed by atoms with van der Waals surface area (Å²) in [5, 5.41) is 7.09. The van der Waals surface area contributed by atoms with Crippen molar-refractivity contribution in [3.8, 4) is 0 Å². The standard InChI is InChI=1S/C21H33N3O/c1-5-22-21(17-9-7-6-8-10-17)13-11-20(12-14-21)16-24(18(25)23-20)15-19(2,3)4/h6-10,22H,5,11-16H2,1-4H3,(H,23,25)/t20-,21+. The average molecular weight is 344 g/mol. The first-order valence-electron chi connectivity index (χ1n) is 9.65. The largest absolute Gasteiger partial charge is 0.331 e. The van der Waals surface area contributed by atoms with E-state index in [4.69, 9.17) is 0 Å². The number of benzene rings is 1. The van der Waals surface area contributed by atoms with E-state index in [2.05, 4.69) is 68.7 Å². The number of carbonyl (C=O) groups is 1. The number of hydrogen-bond acceptors (Lipinski definition) is 2. The van der Waals surface area contributed by atoms with E-state index in [0.717, 1.165) is 45.3 Å². The van der Waals surface area contributed by atoms with Crippen LogP contribution in [0.5, 0.6) is 0 Å². The molecule has 0 unspecified atom stereocenters. The van der Waals surface area contributed by atoms with Gasteiger partial charge in [-0.05, 0) is 43.2 Å². The Labute approximate surface area is 152 Å². The topological polar surface area (TPSA) is 44.4 Å². The quantitative estimate of drug-likeness (QED) is 0.871. The van der Waals surface area contributed by atoms with Crippen molar-refractivity contribution >= 4 is 6.03 Å². The molecule has 1 heterocycles. The number of urea groups is 1. The van der Waals surface area contributed by atoms with Gasteiger partial charge in [0.05, 0.1) is 5.54 Å². The average Bonchev–Trinajstić information content (AvgIpc) is 2.85. The predicted octanol–water partition coefficient (Wildman–Crippen LogP) is 3.88. The van der Waals surface area contributed by atoms with Crippen LogP contribution in [-0.2, 0) is 5.54 Å². The molecule has 1 spiro atoms. The molecule has 1 aromatic carbocycles. The Kier molecular flexibility index (Phi) is 4.84. The maximum Gasteiger partial charge on any atom is 0.317 e. The van der Waals surface area contributed by atoms with Gasteiger partial charge in [-0.2, -0.15) is 0 Å². The fourth-order valence-electron chi connectivity index (χ4n) is 4.58. The number of hydrogen-bond donors (Lipinski definition) is 2. The molecule has 1 aromatic rings. The summed E-state index contributed by atoms with van der Waals surface area (Å²) in [5.41, 5.74) is 1.51. The lowest BCUT2D eigenvalue weighted by Crippen LogP contribution is -2.54. The van der Waals surface area contributed by atoms with E-state index in [0.29, 0.717) is 0 Å². The van der Waals surface area contributed by atoms with Crippen molar-refractivity contribution in [1.82, 2.24) is 15.5 Å². The van der Waals surface area contributed by atoms with E-state index in [-0.39, 0.29) is 22.5 Å². The molecule has 0 aromatic heterocycles. The molecule has 4 heteroatoms. The minimum absolute atomic E-state index is 0.0451. The van der Waals surface area contributed by atoms with Gasteiger partial charge in [0.15, 0.2) is 0 Å². The second-order valence-electron chi connectivity index (χ2n) is 9.11. The number of nitrogens with one attached hydrogen (secondary N) is 2. The molecular formula is C21H33N3O. The summed E-state index contributed by atoms with van der Waals surface area (Å²) in [5.74, 6) is 0. The van der Waals surface area contributed by atoms with Crippen LogP contribution >= 0.6 is 0 Å². The lowest BCUT2D eigenvalue weighted by atomic mass is 9.69. The summed E-state index contributed by atoms with van der Waals surface area (Å²) in [6.45, 7) is 11.4. The molecule has 1 aliphatic heterocycles. The molecule has 0 bridgehead atoms. The van der Waals surface area contributed by atoms with Crippen molar-refractivity contribution in [3.05, 3.63) is 35.9 Å². The molecular weight excluding hydrogens is 310 g/mol. The predicted molar refractivity (Wildman–Crippen MR) is 103 cm³/mol. The van der Waals surface area contributed by atoms with Gasteiger partial charge in [0.1, 0.15) is 0 Å². The SMILES string of the molecule is CCN[C@]1(c2ccccc2)CC[C@]2(CC1)CN(CC(C)(C)C)C(=O)N2. The van der Waals surface area contributed by atoms with Gasteiger partial charge in [0.25, 0.3) is 0 Å². The molecule has 4 nitrogen and oxygen atoms in total. The number of carbonyl (C=O) groups excluding carboxylic acids is 1. The van der Waals surface area contributed by atoms with Gasteiger partial charge in [-0.3, -0.25) is 0 Å². The minimum Gasteiger partial charge on any atom is -0.331 e. The third-order valence-electron chi connectivity index (χ3n) is 5.72. The van der Waals surface area contributed by atoms with E-state index in [1.807, 2.05) is 4.90 Å². The zero-order chi connectivity index (χ0) is 18.1. The van der Waals surface area contributed by atoms with Crippen LogP contribution in [-0.4, -0.2) is 36.1 Å². The first kappa shape index (κ1) is 18.2. The molecule has 3 rings (SSSR count). The van der Waals surface area contributed by atoms with Crippen LogP contribution in [0.3, 0.4) is 0 Å². The maximum absolute atomic E-state index is 12.5. The van der Waals surface area contributed by atoms with Crippen molar-refractivity contribution in [3.63, 3.8) is 0 Å². The molecule has 2 N–H and O–H groups in total. The molecule has 1 saturated carbocycles. The summed E-state index contributed by atoms with van der Waals surface area (Å²) in [7, 11) is 0. The van der Waals surface area contributed by atoms with Crippen LogP contribution in [0.25, 0.3) is 0 Å². The Bertz CT molecular complexity index is 597.